The average Bonchev–Trinajstić information content (AvgIpc) is 2.87. The Kier molecular flexibility index (Phi) is 9.67. The molecule has 0 bridgehead atoms. The maximum Gasteiger partial charge on any atom is 0.107 e. The van der Waals surface area contributed by atoms with E-state index in [2.05, 4.69) is 34.3 Å². The second kappa shape index (κ2) is 10.7. The Morgan fingerprint density at radius 2 is 2.10 bits per heavy atom. The van der Waals surface area contributed by atoms with E-state index in [-0.39, 0.29) is 12.1 Å². The number of ether oxygens (including phenoxy) is 3. The first kappa shape index (κ1) is 18.1. The van der Waals surface area contributed by atoms with Crippen LogP contribution in [-0.4, -0.2) is 39.6 Å². The smallest absolute Gasteiger partial charge is 0.107 e. The maximum atomic E-state index is 6.15. The van der Waals surface area contributed by atoms with Crippen LogP contribution in [0.3, 0.4) is 0 Å². The van der Waals surface area contributed by atoms with E-state index in [9.17, 15) is 0 Å². The molecule has 0 aliphatic rings. The van der Waals surface area contributed by atoms with Crippen molar-refractivity contribution in [2.45, 2.75) is 31.9 Å². The predicted octanol–water partition coefficient (Wildman–Crippen LogP) is 3.36. The molecule has 1 aromatic rings. The van der Waals surface area contributed by atoms with Gasteiger partial charge >= 0.3 is 0 Å². The van der Waals surface area contributed by atoms with Crippen molar-refractivity contribution in [2.24, 2.45) is 5.73 Å². The molecule has 2 atom stereocenters. The molecular weight excluding hydrogens is 342 g/mol. The molecule has 116 valence electrons. The van der Waals surface area contributed by atoms with Gasteiger partial charge in [-0.05, 0) is 34.8 Å². The van der Waals surface area contributed by atoms with Crippen molar-refractivity contribution >= 4 is 27.3 Å². The molecule has 6 heteroatoms. The van der Waals surface area contributed by atoms with E-state index in [1.807, 2.05) is 0 Å². The molecule has 0 radical (unpaired) electrons. The molecule has 0 saturated carbocycles. The van der Waals surface area contributed by atoms with Gasteiger partial charge in [-0.25, -0.2) is 0 Å². The van der Waals surface area contributed by atoms with Crippen molar-refractivity contribution in [3.8, 4) is 0 Å². The fourth-order valence-electron chi connectivity index (χ4n) is 1.75. The van der Waals surface area contributed by atoms with Gasteiger partial charge in [0, 0.05) is 41.1 Å². The van der Waals surface area contributed by atoms with Gasteiger partial charge in [0.1, 0.15) is 6.10 Å². The van der Waals surface area contributed by atoms with Gasteiger partial charge in [-0.2, -0.15) is 0 Å². The highest BCUT2D eigenvalue weighted by Gasteiger charge is 2.20. The van der Waals surface area contributed by atoms with Crippen LogP contribution < -0.4 is 5.73 Å². The molecule has 0 aromatic carbocycles. The first-order chi connectivity index (χ1) is 9.69. The molecule has 0 aliphatic carbocycles. The summed E-state index contributed by atoms with van der Waals surface area (Å²) in [5.74, 6) is 0. The number of nitrogens with two attached hydrogens (primary N) is 1. The lowest BCUT2D eigenvalue weighted by Gasteiger charge is -2.22. The number of thiophene rings is 1. The number of halogens is 1. The van der Waals surface area contributed by atoms with Crippen LogP contribution in [0.2, 0.25) is 0 Å². The normalized spacial score (nSPS) is 14.4. The Bertz CT molecular complexity index is 362. The molecule has 1 heterocycles. The zero-order chi connectivity index (χ0) is 14.8. The van der Waals surface area contributed by atoms with Gasteiger partial charge in [-0.1, -0.05) is 6.92 Å². The quantitative estimate of drug-likeness (QED) is 0.610. The third-order valence-corrected chi connectivity index (χ3v) is 4.65. The summed E-state index contributed by atoms with van der Waals surface area (Å²) < 4.78 is 17.4. The zero-order valence-electron chi connectivity index (χ0n) is 12.1. The summed E-state index contributed by atoms with van der Waals surface area (Å²) in [6.45, 7) is 4.65. The van der Waals surface area contributed by atoms with Gasteiger partial charge in [-0.3, -0.25) is 0 Å². The van der Waals surface area contributed by atoms with E-state index >= 15 is 0 Å². The maximum absolute atomic E-state index is 6.15. The van der Waals surface area contributed by atoms with Crippen LogP contribution in [0.25, 0.3) is 0 Å². The van der Waals surface area contributed by atoms with Crippen molar-refractivity contribution < 1.29 is 14.2 Å². The molecule has 0 spiro atoms. The highest BCUT2D eigenvalue weighted by Crippen LogP contribution is 2.30. The van der Waals surface area contributed by atoms with Crippen molar-refractivity contribution in [3.05, 3.63) is 20.8 Å². The lowest BCUT2D eigenvalue weighted by molar-refractivity contribution is -0.00893. The summed E-state index contributed by atoms with van der Waals surface area (Å²) in [6, 6.07) is 2.08. The molecule has 20 heavy (non-hydrogen) atoms. The summed E-state index contributed by atoms with van der Waals surface area (Å²) in [6.07, 6.45) is 1.74. The van der Waals surface area contributed by atoms with Gasteiger partial charge < -0.3 is 19.9 Å². The predicted molar refractivity (Wildman–Crippen MR) is 86.3 cm³/mol. The molecule has 1 rings (SSSR count). The summed E-state index contributed by atoms with van der Waals surface area (Å²) in [5.41, 5.74) is 6.15. The standard InChI is InChI=1S/C14H24BrNO3S/c1-3-12(16)14(13-9-11(15)10-20-13)19-8-7-18-6-4-5-17-2/h9-10,12,14H,3-8,16H2,1-2H3. The van der Waals surface area contributed by atoms with Gasteiger partial charge in [-0.15, -0.1) is 11.3 Å². The number of hydrogen-bond donors (Lipinski definition) is 1. The first-order valence-corrected chi connectivity index (χ1v) is 8.54. The van der Waals surface area contributed by atoms with Crippen LogP contribution >= 0.6 is 27.3 Å². The Balaban J connectivity index is 2.31. The third-order valence-electron chi connectivity index (χ3n) is 2.89. The highest BCUT2D eigenvalue weighted by atomic mass is 79.9. The highest BCUT2D eigenvalue weighted by molar-refractivity contribution is 9.10. The van der Waals surface area contributed by atoms with Crippen molar-refractivity contribution in [2.75, 3.05) is 33.5 Å². The van der Waals surface area contributed by atoms with Crippen LogP contribution in [0.15, 0.2) is 15.9 Å². The monoisotopic (exact) mass is 365 g/mol. The molecule has 0 fully saturated rings. The molecular formula is C14H24BrNO3S. The van der Waals surface area contributed by atoms with Gasteiger partial charge in [0.05, 0.1) is 13.2 Å². The van der Waals surface area contributed by atoms with Crippen LogP contribution in [0.4, 0.5) is 0 Å². The molecule has 2 unspecified atom stereocenters. The Morgan fingerprint density at radius 1 is 1.30 bits per heavy atom. The van der Waals surface area contributed by atoms with Crippen LogP contribution in [0, 0.1) is 0 Å². The molecule has 4 nitrogen and oxygen atoms in total. The van der Waals surface area contributed by atoms with Gasteiger partial charge in [0.15, 0.2) is 0 Å². The second-order valence-electron chi connectivity index (χ2n) is 4.49. The van der Waals surface area contributed by atoms with E-state index in [0.717, 1.165) is 28.8 Å². The lowest BCUT2D eigenvalue weighted by Crippen LogP contribution is -2.30. The Hall–Kier alpha value is 0.0200. The second-order valence-corrected chi connectivity index (χ2v) is 6.35. The number of rotatable bonds is 11. The zero-order valence-corrected chi connectivity index (χ0v) is 14.5. The van der Waals surface area contributed by atoms with E-state index in [1.54, 1.807) is 18.4 Å². The van der Waals surface area contributed by atoms with Crippen molar-refractivity contribution in [3.63, 3.8) is 0 Å². The minimum atomic E-state index is -0.0566. The van der Waals surface area contributed by atoms with E-state index in [4.69, 9.17) is 19.9 Å². The number of methoxy groups -OCH3 is 1. The SMILES string of the molecule is CCC(N)C(OCCOCCCOC)c1cc(Br)cs1. The van der Waals surface area contributed by atoms with Crippen molar-refractivity contribution in [1.29, 1.82) is 0 Å². The largest absolute Gasteiger partial charge is 0.385 e. The molecule has 0 aliphatic heterocycles. The van der Waals surface area contributed by atoms with Crippen LogP contribution in [0.1, 0.15) is 30.7 Å². The third kappa shape index (κ3) is 6.65. The summed E-state index contributed by atoms with van der Waals surface area (Å²) in [7, 11) is 1.69. The number of hydrogen-bond acceptors (Lipinski definition) is 5. The molecule has 0 amide bonds. The summed E-state index contributed by atoms with van der Waals surface area (Å²) in [5, 5.41) is 2.05. The fourth-order valence-corrected chi connectivity index (χ4v) is 3.32. The molecule has 1 aromatic heterocycles. The molecule has 2 N–H and O–H groups in total. The van der Waals surface area contributed by atoms with Crippen LogP contribution in [0.5, 0.6) is 0 Å². The first-order valence-electron chi connectivity index (χ1n) is 6.86. The lowest BCUT2D eigenvalue weighted by atomic mass is 10.1. The minimum absolute atomic E-state index is 0.00837. The van der Waals surface area contributed by atoms with Crippen molar-refractivity contribution in [1.82, 2.24) is 0 Å². The fraction of sp³-hybridized carbons (Fsp3) is 0.714. The van der Waals surface area contributed by atoms with Gasteiger partial charge in [0.2, 0.25) is 0 Å². The van der Waals surface area contributed by atoms with Gasteiger partial charge in [0.25, 0.3) is 0 Å². The summed E-state index contributed by atoms with van der Waals surface area (Å²) in [4.78, 5) is 1.16. The molecule has 0 saturated heterocycles. The van der Waals surface area contributed by atoms with E-state index in [0.29, 0.717) is 19.8 Å². The van der Waals surface area contributed by atoms with E-state index in [1.165, 1.54) is 0 Å². The average molecular weight is 366 g/mol. The Morgan fingerprint density at radius 3 is 2.70 bits per heavy atom. The summed E-state index contributed by atoms with van der Waals surface area (Å²) >= 11 is 5.13. The topological polar surface area (TPSA) is 53.7 Å². The Labute approximate surface area is 133 Å². The minimum Gasteiger partial charge on any atom is -0.385 e. The van der Waals surface area contributed by atoms with E-state index < -0.39 is 0 Å². The van der Waals surface area contributed by atoms with Crippen LogP contribution in [-0.2, 0) is 14.2 Å².